The Morgan fingerprint density at radius 1 is 1.17 bits per heavy atom. The second-order valence-corrected chi connectivity index (χ2v) is 6.88. The van der Waals surface area contributed by atoms with Crippen LogP contribution in [0.25, 0.3) is 0 Å². The summed E-state index contributed by atoms with van der Waals surface area (Å²) in [7, 11) is 3.06. The van der Waals surface area contributed by atoms with Crippen LogP contribution in [0.4, 0.5) is 0 Å². The lowest BCUT2D eigenvalue weighted by Gasteiger charge is -2.38. The maximum absolute atomic E-state index is 13.0. The molecule has 0 amide bonds. The van der Waals surface area contributed by atoms with Crippen molar-refractivity contribution < 1.29 is 24.2 Å². The van der Waals surface area contributed by atoms with E-state index in [0.717, 1.165) is 0 Å². The van der Waals surface area contributed by atoms with E-state index in [9.17, 15) is 14.7 Å². The molecule has 1 saturated carbocycles. The molecule has 1 aromatic carbocycles. The molecule has 1 N–H and O–H groups in total. The van der Waals surface area contributed by atoms with Gasteiger partial charge in [-0.05, 0) is 37.3 Å². The maximum Gasteiger partial charge on any atom is 0.309 e. The summed E-state index contributed by atoms with van der Waals surface area (Å²) in [4.78, 5) is 24.7. The highest BCUT2D eigenvalue weighted by Gasteiger charge is 2.58. The van der Waals surface area contributed by atoms with Gasteiger partial charge < -0.3 is 14.6 Å². The van der Waals surface area contributed by atoms with E-state index >= 15 is 0 Å². The van der Waals surface area contributed by atoms with Crippen molar-refractivity contribution in [2.45, 2.75) is 33.6 Å². The number of ether oxygens (including phenoxy) is 2. The van der Waals surface area contributed by atoms with E-state index in [4.69, 9.17) is 9.47 Å². The molecule has 0 aromatic heterocycles. The third kappa shape index (κ3) is 2.58. The van der Waals surface area contributed by atoms with Gasteiger partial charge in [0.2, 0.25) is 0 Å². The van der Waals surface area contributed by atoms with E-state index in [2.05, 4.69) is 0 Å². The summed E-state index contributed by atoms with van der Waals surface area (Å²) in [6.07, 6.45) is 1.05. The van der Waals surface area contributed by atoms with Crippen molar-refractivity contribution in [1.29, 1.82) is 0 Å². The highest BCUT2D eigenvalue weighted by atomic mass is 16.5. The third-order valence-electron chi connectivity index (χ3n) is 5.69. The quantitative estimate of drug-likeness (QED) is 0.842. The largest absolute Gasteiger partial charge is 0.497 e. The topological polar surface area (TPSA) is 72.8 Å². The Hall–Kier alpha value is -2.04. The third-order valence-corrected chi connectivity index (χ3v) is 5.69. The van der Waals surface area contributed by atoms with Crippen molar-refractivity contribution in [1.82, 2.24) is 0 Å². The molecule has 0 aliphatic heterocycles. The van der Waals surface area contributed by atoms with Crippen LogP contribution in [0.15, 0.2) is 18.2 Å². The summed E-state index contributed by atoms with van der Waals surface area (Å²) in [5.74, 6) is -0.210. The van der Waals surface area contributed by atoms with Crippen LogP contribution in [0.1, 0.15) is 44.0 Å². The fourth-order valence-corrected chi connectivity index (χ4v) is 3.53. The SMILES string of the molecule is COc1ccc(C(=O)[C@@H]2CC[C@](C)(C(=O)O)C2(C)C)c(OC)c1. The van der Waals surface area contributed by atoms with Gasteiger partial charge in [-0.25, -0.2) is 0 Å². The number of methoxy groups -OCH3 is 2. The molecule has 0 bridgehead atoms. The van der Waals surface area contributed by atoms with Crippen molar-refractivity contribution in [2.24, 2.45) is 16.7 Å². The molecule has 0 heterocycles. The van der Waals surface area contributed by atoms with Crippen LogP contribution in [0.2, 0.25) is 0 Å². The van der Waals surface area contributed by atoms with E-state index in [0.29, 0.717) is 29.9 Å². The number of hydrogen-bond acceptors (Lipinski definition) is 4. The van der Waals surface area contributed by atoms with Crippen LogP contribution in [0.5, 0.6) is 11.5 Å². The monoisotopic (exact) mass is 320 g/mol. The van der Waals surface area contributed by atoms with Gasteiger partial charge >= 0.3 is 5.97 Å². The molecule has 126 valence electrons. The Kier molecular flexibility index (Phi) is 4.42. The average Bonchev–Trinajstić information content (AvgIpc) is 2.77. The van der Waals surface area contributed by atoms with Crippen molar-refractivity contribution in [3.63, 3.8) is 0 Å². The van der Waals surface area contributed by atoms with E-state index < -0.39 is 16.8 Å². The lowest BCUT2D eigenvalue weighted by atomic mass is 9.64. The molecule has 1 aliphatic rings. The van der Waals surface area contributed by atoms with Crippen LogP contribution in [-0.2, 0) is 4.79 Å². The molecule has 5 nitrogen and oxygen atoms in total. The molecule has 0 saturated heterocycles. The summed E-state index contributed by atoms with van der Waals surface area (Å²) in [6.45, 7) is 5.47. The van der Waals surface area contributed by atoms with E-state index in [1.54, 1.807) is 32.2 Å². The van der Waals surface area contributed by atoms with E-state index in [1.165, 1.54) is 7.11 Å². The molecule has 5 heteroatoms. The van der Waals surface area contributed by atoms with Gasteiger partial charge in [0, 0.05) is 12.0 Å². The normalized spacial score (nSPS) is 25.9. The van der Waals surface area contributed by atoms with Gasteiger partial charge in [-0.3, -0.25) is 9.59 Å². The second kappa shape index (κ2) is 5.87. The predicted molar refractivity (Wildman–Crippen MR) is 86.1 cm³/mol. The molecular formula is C18H24O5. The first-order valence-corrected chi connectivity index (χ1v) is 7.68. The minimum absolute atomic E-state index is 0.0699. The van der Waals surface area contributed by atoms with Gasteiger partial charge in [0.1, 0.15) is 11.5 Å². The van der Waals surface area contributed by atoms with Crippen LogP contribution < -0.4 is 9.47 Å². The molecule has 1 aromatic rings. The summed E-state index contributed by atoms with van der Waals surface area (Å²) in [6, 6.07) is 5.08. The molecule has 2 atom stereocenters. The number of aliphatic carboxylic acids is 1. The van der Waals surface area contributed by atoms with Crippen LogP contribution >= 0.6 is 0 Å². The minimum atomic E-state index is -0.910. The maximum atomic E-state index is 13.0. The first-order chi connectivity index (χ1) is 10.7. The number of hydrogen-bond donors (Lipinski definition) is 1. The zero-order chi connectivity index (χ0) is 17.4. The van der Waals surface area contributed by atoms with E-state index in [1.807, 2.05) is 13.8 Å². The first kappa shape index (κ1) is 17.3. The first-order valence-electron chi connectivity index (χ1n) is 7.68. The Morgan fingerprint density at radius 3 is 2.30 bits per heavy atom. The Bertz CT molecular complexity index is 634. The molecule has 23 heavy (non-hydrogen) atoms. The van der Waals surface area contributed by atoms with Crippen molar-refractivity contribution in [3.8, 4) is 11.5 Å². The molecule has 0 unspecified atom stereocenters. The van der Waals surface area contributed by atoms with E-state index in [-0.39, 0.29) is 11.7 Å². The number of rotatable bonds is 5. The van der Waals surface area contributed by atoms with Gasteiger partial charge in [-0.15, -0.1) is 0 Å². The van der Waals surface area contributed by atoms with Gasteiger partial charge in [0.15, 0.2) is 5.78 Å². The Balaban J connectivity index is 2.41. The van der Waals surface area contributed by atoms with Gasteiger partial charge in [-0.1, -0.05) is 13.8 Å². The van der Waals surface area contributed by atoms with Crippen LogP contribution in [-0.4, -0.2) is 31.1 Å². The Labute approximate surface area is 136 Å². The molecule has 2 rings (SSSR count). The molecule has 0 radical (unpaired) electrons. The summed E-state index contributed by atoms with van der Waals surface area (Å²) in [5.41, 5.74) is -1.07. The fraction of sp³-hybridized carbons (Fsp3) is 0.556. The summed E-state index contributed by atoms with van der Waals surface area (Å²) < 4.78 is 10.5. The van der Waals surface area contributed by atoms with Crippen molar-refractivity contribution >= 4 is 11.8 Å². The second-order valence-electron chi connectivity index (χ2n) is 6.88. The summed E-state index contributed by atoms with van der Waals surface area (Å²) >= 11 is 0. The predicted octanol–water partition coefficient (Wildman–Crippen LogP) is 3.41. The number of carbonyl (C=O) groups is 2. The van der Waals surface area contributed by atoms with Crippen molar-refractivity contribution in [3.05, 3.63) is 23.8 Å². The number of carboxylic acid groups (broad SMARTS) is 1. The molecule has 1 fully saturated rings. The number of benzene rings is 1. The number of carboxylic acids is 1. The highest BCUT2D eigenvalue weighted by Crippen LogP contribution is 2.57. The van der Waals surface area contributed by atoms with Gasteiger partial charge in [0.25, 0.3) is 0 Å². The van der Waals surface area contributed by atoms with Gasteiger partial charge in [0.05, 0.1) is 25.2 Å². The van der Waals surface area contributed by atoms with Crippen LogP contribution in [0.3, 0.4) is 0 Å². The number of Topliss-reactive ketones (excluding diaryl/α,β-unsaturated/α-hetero) is 1. The zero-order valence-corrected chi connectivity index (χ0v) is 14.3. The summed E-state index contributed by atoms with van der Waals surface area (Å²) in [5, 5.41) is 9.59. The lowest BCUT2D eigenvalue weighted by molar-refractivity contribution is -0.153. The molecular weight excluding hydrogens is 296 g/mol. The fourth-order valence-electron chi connectivity index (χ4n) is 3.53. The Morgan fingerprint density at radius 2 is 1.83 bits per heavy atom. The number of ketones is 1. The molecule has 1 aliphatic carbocycles. The number of carbonyl (C=O) groups excluding carboxylic acids is 1. The zero-order valence-electron chi connectivity index (χ0n) is 14.3. The lowest BCUT2D eigenvalue weighted by Crippen LogP contribution is -2.42. The van der Waals surface area contributed by atoms with Crippen LogP contribution in [0, 0.1) is 16.7 Å². The smallest absolute Gasteiger partial charge is 0.309 e. The molecule has 0 spiro atoms. The standard InChI is InChI=1S/C18H24O5/c1-17(2)13(8-9-18(17,3)16(20)21)15(19)12-7-6-11(22-4)10-14(12)23-5/h6-7,10,13H,8-9H2,1-5H3,(H,20,21)/t13-,18+/m0/s1. The van der Waals surface area contributed by atoms with Crippen molar-refractivity contribution in [2.75, 3.05) is 14.2 Å². The average molecular weight is 320 g/mol. The minimum Gasteiger partial charge on any atom is -0.497 e. The van der Waals surface area contributed by atoms with Gasteiger partial charge in [-0.2, -0.15) is 0 Å². The highest BCUT2D eigenvalue weighted by molar-refractivity contribution is 6.01.